The molecular formula is C14H25N3O2. The normalized spacial score (nSPS) is 11.3. The number of amides is 1. The summed E-state index contributed by atoms with van der Waals surface area (Å²) in [5.41, 5.74) is 0.367. The van der Waals surface area contributed by atoms with Gasteiger partial charge in [0.1, 0.15) is 5.76 Å². The maximum absolute atomic E-state index is 11.8. The molecule has 0 aliphatic carbocycles. The van der Waals surface area contributed by atoms with E-state index in [0.717, 1.165) is 31.8 Å². The smallest absolute Gasteiger partial charge is 0.273 e. The van der Waals surface area contributed by atoms with Gasteiger partial charge in [-0.3, -0.25) is 4.79 Å². The average Bonchev–Trinajstić information content (AvgIpc) is 2.88. The first-order valence-corrected chi connectivity index (χ1v) is 7.05. The SMILES string of the molecule is CCN(CC)CCCNC(=O)c1cc(C(C)C)on1. The summed E-state index contributed by atoms with van der Waals surface area (Å²) >= 11 is 0. The van der Waals surface area contributed by atoms with Gasteiger partial charge in [-0.05, 0) is 26.1 Å². The summed E-state index contributed by atoms with van der Waals surface area (Å²) in [7, 11) is 0. The number of hydrogen-bond acceptors (Lipinski definition) is 4. The Hall–Kier alpha value is -1.36. The lowest BCUT2D eigenvalue weighted by Gasteiger charge is -2.17. The second kappa shape index (κ2) is 7.94. The van der Waals surface area contributed by atoms with Crippen LogP contribution in [0.2, 0.25) is 0 Å². The van der Waals surface area contributed by atoms with Crippen molar-refractivity contribution >= 4 is 5.91 Å². The van der Waals surface area contributed by atoms with Crippen LogP contribution >= 0.6 is 0 Å². The van der Waals surface area contributed by atoms with E-state index in [1.165, 1.54) is 0 Å². The van der Waals surface area contributed by atoms with Crippen molar-refractivity contribution < 1.29 is 9.32 Å². The van der Waals surface area contributed by atoms with E-state index in [2.05, 4.69) is 29.2 Å². The molecule has 1 amide bonds. The van der Waals surface area contributed by atoms with Gasteiger partial charge in [-0.25, -0.2) is 0 Å². The lowest BCUT2D eigenvalue weighted by Crippen LogP contribution is -2.30. The molecule has 0 fully saturated rings. The van der Waals surface area contributed by atoms with E-state index in [1.807, 2.05) is 13.8 Å². The largest absolute Gasteiger partial charge is 0.360 e. The molecular weight excluding hydrogens is 242 g/mol. The average molecular weight is 267 g/mol. The number of nitrogens with one attached hydrogen (secondary N) is 1. The second-order valence-corrected chi connectivity index (χ2v) is 4.91. The molecule has 5 heteroatoms. The van der Waals surface area contributed by atoms with Gasteiger partial charge in [0, 0.05) is 18.5 Å². The second-order valence-electron chi connectivity index (χ2n) is 4.91. The van der Waals surface area contributed by atoms with Gasteiger partial charge in [0.25, 0.3) is 5.91 Å². The van der Waals surface area contributed by atoms with Crippen molar-refractivity contribution in [2.45, 2.75) is 40.0 Å². The highest BCUT2D eigenvalue weighted by atomic mass is 16.5. The van der Waals surface area contributed by atoms with Crippen LogP contribution in [0, 0.1) is 0 Å². The van der Waals surface area contributed by atoms with Crippen LogP contribution < -0.4 is 5.32 Å². The molecule has 1 aromatic heterocycles. The number of hydrogen-bond donors (Lipinski definition) is 1. The molecule has 1 heterocycles. The van der Waals surface area contributed by atoms with Crippen LogP contribution in [0.1, 0.15) is 56.3 Å². The zero-order valence-corrected chi connectivity index (χ0v) is 12.4. The van der Waals surface area contributed by atoms with Crippen molar-refractivity contribution in [2.24, 2.45) is 0 Å². The van der Waals surface area contributed by atoms with Crippen LogP contribution in [0.15, 0.2) is 10.6 Å². The first-order chi connectivity index (χ1) is 9.08. The first kappa shape index (κ1) is 15.7. The van der Waals surface area contributed by atoms with Gasteiger partial charge in [-0.2, -0.15) is 0 Å². The van der Waals surface area contributed by atoms with Gasteiger partial charge < -0.3 is 14.7 Å². The van der Waals surface area contributed by atoms with E-state index >= 15 is 0 Å². The molecule has 0 aliphatic heterocycles. The Bertz CT molecular complexity index is 384. The molecule has 1 N–H and O–H groups in total. The third-order valence-electron chi connectivity index (χ3n) is 3.16. The summed E-state index contributed by atoms with van der Waals surface area (Å²) in [5, 5.41) is 6.65. The highest BCUT2D eigenvalue weighted by Gasteiger charge is 2.13. The molecule has 19 heavy (non-hydrogen) atoms. The monoisotopic (exact) mass is 267 g/mol. The zero-order chi connectivity index (χ0) is 14.3. The summed E-state index contributed by atoms with van der Waals surface area (Å²) in [4.78, 5) is 14.1. The summed E-state index contributed by atoms with van der Waals surface area (Å²) < 4.78 is 5.11. The molecule has 1 aromatic rings. The van der Waals surface area contributed by atoms with Gasteiger partial charge in [0.15, 0.2) is 5.69 Å². The van der Waals surface area contributed by atoms with Crippen LogP contribution in [0.25, 0.3) is 0 Å². The number of nitrogens with zero attached hydrogens (tertiary/aromatic N) is 2. The van der Waals surface area contributed by atoms with Crippen LogP contribution in [0.3, 0.4) is 0 Å². The first-order valence-electron chi connectivity index (χ1n) is 7.05. The number of aromatic nitrogens is 1. The fraction of sp³-hybridized carbons (Fsp3) is 0.714. The Morgan fingerprint density at radius 3 is 2.63 bits per heavy atom. The fourth-order valence-corrected chi connectivity index (χ4v) is 1.80. The molecule has 0 spiro atoms. The third kappa shape index (κ3) is 5.03. The Morgan fingerprint density at radius 2 is 2.11 bits per heavy atom. The predicted molar refractivity (Wildman–Crippen MR) is 75.3 cm³/mol. The summed E-state index contributed by atoms with van der Waals surface area (Å²) in [6, 6.07) is 1.71. The topological polar surface area (TPSA) is 58.4 Å². The van der Waals surface area contributed by atoms with Gasteiger partial charge >= 0.3 is 0 Å². The molecule has 0 atom stereocenters. The molecule has 0 radical (unpaired) electrons. The molecule has 0 aliphatic rings. The van der Waals surface area contributed by atoms with Crippen molar-refractivity contribution in [3.63, 3.8) is 0 Å². The lowest BCUT2D eigenvalue weighted by molar-refractivity contribution is 0.0942. The number of rotatable bonds is 8. The molecule has 0 saturated carbocycles. The molecule has 0 aromatic carbocycles. The highest BCUT2D eigenvalue weighted by Crippen LogP contribution is 2.14. The van der Waals surface area contributed by atoms with Crippen molar-refractivity contribution in [3.8, 4) is 0 Å². The fourth-order valence-electron chi connectivity index (χ4n) is 1.80. The minimum absolute atomic E-state index is 0.157. The van der Waals surface area contributed by atoms with E-state index in [9.17, 15) is 4.79 Å². The van der Waals surface area contributed by atoms with Gasteiger partial charge in [-0.15, -0.1) is 0 Å². The van der Waals surface area contributed by atoms with Gasteiger partial charge in [0.2, 0.25) is 0 Å². The van der Waals surface area contributed by atoms with Crippen LogP contribution in [0.4, 0.5) is 0 Å². The number of carbonyl (C=O) groups is 1. The maximum Gasteiger partial charge on any atom is 0.273 e. The van der Waals surface area contributed by atoms with Gasteiger partial charge in [0.05, 0.1) is 0 Å². The lowest BCUT2D eigenvalue weighted by atomic mass is 10.1. The van der Waals surface area contributed by atoms with E-state index in [-0.39, 0.29) is 11.8 Å². The minimum atomic E-state index is -0.157. The maximum atomic E-state index is 11.8. The van der Waals surface area contributed by atoms with Crippen molar-refractivity contribution in [3.05, 3.63) is 17.5 Å². The summed E-state index contributed by atoms with van der Waals surface area (Å²) in [6.45, 7) is 12.1. The number of carbonyl (C=O) groups excluding carboxylic acids is 1. The molecule has 108 valence electrons. The minimum Gasteiger partial charge on any atom is -0.360 e. The van der Waals surface area contributed by atoms with Crippen LogP contribution in [0.5, 0.6) is 0 Å². The molecule has 1 rings (SSSR count). The summed E-state index contributed by atoms with van der Waals surface area (Å²) in [5.74, 6) is 0.834. The van der Waals surface area contributed by atoms with E-state index in [0.29, 0.717) is 12.2 Å². The molecule has 0 saturated heterocycles. The molecule has 5 nitrogen and oxygen atoms in total. The third-order valence-corrected chi connectivity index (χ3v) is 3.16. The Morgan fingerprint density at radius 1 is 1.42 bits per heavy atom. The van der Waals surface area contributed by atoms with E-state index in [4.69, 9.17) is 4.52 Å². The standard InChI is InChI=1S/C14H25N3O2/c1-5-17(6-2)9-7-8-15-14(18)12-10-13(11(3)4)19-16-12/h10-11H,5-9H2,1-4H3,(H,15,18). The van der Waals surface area contributed by atoms with Crippen LogP contribution in [-0.4, -0.2) is 42.1 Å². The van der Waals surface area contributed by atoms with Crippen molar-refractivity contribution in [1.82, 2.24) is 15.4 Å². The van der Waals surface area contributed by atoms with E-state index in [1.54, 1.807) is 6.07 Å². The Kier molecular flexibility index (Phi) is 6.56. The summed E-state index contributed by atoms with van der Waals surface area (Å²) in [6.07, 6.45) is 0.947. The van der Waals surface area contributed by atoms with Crippen molar-refractivity contribution in [2.75, 3.05) is 26.2 Å². The molecule has 0 bridgehead atoms. The Balaban J connectivity index is 2.31. The van der Waals surface area contributed by atoms with Crippen LogP contribution in [-0.2, 0) is 0 Å². The van der Waals surface area contributed by atoms with Gasteiger partial charge in [-0.1, -0.05) is 32.9 Å². The zero-order valence-electron chi connectivity index (χ0n) is 12.4. The Labute approximate surface area is 115 Å². The van der Waals surface area contributed by atoms with Crippen molar-refractivity contribution in [1.29, 1.82) is 0 Å². The van der Waals surface area contributed by atoms with E-state index < -0.39 is 0 Å². The quantitative estimate of drug-likeness (QED) is 0.734. The predicted octanol–water partition coefficient (Wildman–Crippen LogP) is 2.26. The highest BCUT2D eigenvalue weighted by molar-refractivity contribution is 5.92. The molecule has 0 unspecified atom stereocenters.